The van der Waals surface area contributed by atoms with Gasteiger partial charge in [0.15, 0.2) is 5.78 Å². The summed E-state index contributed by atoms with van der Waals surface area (Å²) in [5.41, 5.74) is 8.26. The largest absolute Gasteiger partial charge is 0.383 e. The van der Waals surface area contributed by atoms with Crippen LogP contribution in [0.1, 0.15) is 42.6 Å². The molecule has 1 rings (SSSR count). The molecule has 3 heteroatoms. The van der Waals surface area contributed by atoms with E-state index in [1.54, 1.807) is 18.3 Å². The van der Waals surface area contributed by atoms with Gasteiger partial charge in [-0.2, -0.15) is 0 Å². The van der Waals surface area contributed by atoms with Gasteiger partial charge in [0.05, 0.1) is 5.56 Å². The molecule has 16 heavy (non-hydrogen) atoms. The molecule has 2 N–H and O–H groups in total. The fourth-order valence-corrected chi connectivity index (χ4v) is 1.61. The van der Waals surface area contributed by atoms with Crippen LogP contribution in [0.3, 0.4) is 0 Å². The molecule has 3 nitrogen and oxygen atoms in total. The van der Waals surface area contributed by atoms with Crippen LogP contribution in [-0.4, -0.2) is 10.8 Å². The van der Waals surface area contributed by atoms with Crippen molar-refractivity contribution < 1.29 is 4.79 Å². The van der Waals surface area contributed by atoms with Gasteiger partial charge in [0.1, 0.15) is 5.82 Å². The molecule has 0 aromatic carbocycles. The number of hydrogen-bond acceptors (Lipinski definition) is 3. The van der Waals surface area contributed by atoms with Crippen LogP contribution in [0.5, 0.6) is 0 Å². The Labute approximate surface area is 96.4 Å². The molecule has 0 aliphatic heterocycles. The molecule has 0 saturated heterocycles. The molecule has 0 radical (unpaired) electrons. The van der Waals surface area contributed by atoms with Crippen LogP contribution < -0.4 is 5.73 Å². The van der Waals surface area contributed by atoms with Crippen molar-refractivity contribution in [3.8, 4) is 0 Å². The van der Waals surface area contributed by atoms with Crippen LogP contribution in [0.4, 0.5) is 5.82 Å². The standard InChI is InChI=1S/C13H18N2O/c1-4-10(5-2)8-11(16)12-9(3)6-7-15-13(12)14/h6-8H,4-5H2,1-3H3,(H2,14,15). The molecule has 0 atom stereocenters. The fraction of sp³-hybridized carbons (Fsp3) is 0.385. The van der Waals surface area contributed by atoms with Crippen molar-refractivity contribution >= 4 is 11.6 Å². The van der Waals surface area contributed by atoms with E-state index in [0.29, 0.717) is 11.4 Å². The van der Waals surface area contributed by atoms with E-state index >= 15 is 0 Å². The van der Waals surface area contributed by atoms with Crippen LogP contribution in [0.15, 0.2) is 23.9 Å². The van der Waals surface area contributed by atoms with E-state index in [4.69, 9.17) is 5.73 Å². The van der Waals surface area contributed by atoms with E-state index in [1.165, 1.54) is 0 Å². The van der Waals surface area contributed by atoms with E-state index in [9.17, 15) is 4.79 Å². The van der Waals surface area contributed by atoms with Gasteiger partial charge in [-0.3, -0.25) is 4.79 Å². The molecular weight excluding hydrogens is 200 g/mol. The van der Waals surface area contributed by atoms with Gasteiger partial charge in [-0.05, 0) is 37.5 Å². The average molecular weight is 218 g/mol. The second-order valence-electron chi connectivity index (χ2n) is 3.76. The van der Waals surface area contributed by atoms with Crippen molar-refractivity contribution in [1.82, 2.24) is 4.98 Å². The van der Waals surface area contributed by atoms with E-state index < -0.39 is 0 Å². The third-order valence-electron chi connectivity index (χ3n) is 2.68. The molecule has 0 aliphatic carbocycles. The number of carbonyl (C=O) groups excluding carboxylic acids is 1. The number of nitrogens with two attached hydrogens (primary N) is 1. The molecule has 1 aromatic rings. The summed E-state index contributed by atoms with van der Waals surface area (Å²) < 4.78 is 0. The van der Waals surface area contributed by atoms with Gasteiger partial charge in [-0.25, -0.2) is 4.98 Å². The Kier molecular flexibility index (Phi) is 4.23. The van der Waals surface area contributed by atoms with Crippen molar-refractivity contribution in [3.05, 3.63) is 35.0 Å². The van der Waals surface area contributed by atoms with Gasteiger partial charge < -0.3 is 5.73 Å². The van der Waals surface area contributed by atoms with E-state index in [-0.39, 0.29) is 5.78 Å². The van der Waals surface area contributed by atoms with Crippen LogP contribution in [0.25, 0.3) is 0 Å². The van der Waals surface area contributed by atoms with E-state index in [1.807, 2.05) is 20.8 Å². The van der Waals surface area contributed by atoms with Gasteiger partial charge in [0.2, 0.25) is 0 Å². The molecule has 0 unspecified atom stereocenters. The summed E-state index contributed by atoms with van der Waals surface area (Å²) in [5.74, 6) is 0.273. The SMILES string of the molecule is CCC(=CC(=O)c1c(C)ccnc1N)CC. The minimum Gasteiger partial charge on any atom is -0.383 e. The molecule has 0 saturated carbocycles. The van der Waals surface area contributed by atoms with Crippen molar-refractivity contribution in [2.24, 2.45) is 0 Å². The summed E-state index contributed by atoms with van der Waals surface area (Å²) in [6.45, 7) is 5.96. The number of hydrogen-bond donors (Lipinski definition) is 1. The van der Waals surface area contributed by atoms with Crippen molar-refractivity contribution in [2.45, 2.75) is 33.6 Å². The third-order valence-corrected chi connectivity index (χ3v) is 2.68. The number of aromatic nitrogens is 1. The number of nitrogens with zero attached hydrogens (tertiary/aromatic N) is 1. The molecule has 1 aromatic heterocycles. The molecule has 1 heterocycles. The second-order valence-corrected chi connectivity index (χ2v) is 3.76. The summed E-state index contributed by atoms with van der Waals surface area (Å²) in [7, 11) is 0. The first-order valence-electron chi connectivity index (χ1n) is 5.55. The number of aryl methyl sites for hydroxylation is 1. The summed E-state index contributed by atoms with van der Waals surface area (Å²) in [6.07, 6.45) is 5.08. The minimum atomic E-state index is -0.0400. The quantitative estimate of drug-likeness (QED) is 0.624. The Bertz CT molecular complexity index is 396. The van der Waals surface area contributed by atoms with Crippen LogP contribution in [0, 0.1) is 6.92 Å². The number of anilines is 1. The van der Waals surface area contributed by atoms with Gasteiger partial charge in [0.25, 0.3) is 0 Å². The van der Waals surface area contributed by atoms with Gasteiger partial charge in [-0.15, -0.1) is 0 Å². The predicted octanol–water partition coefficient (Wildman–Crippen LogP) is 2.90. The molecule has 0 fully saturated rings. The highest BCUT2D eigenvalue weighted by Gasteiger charge is 2.11. The average Bonchev–Trinajstić information content (AvgIpc) is 2.25. The molecule has 0 spiro atoms. The van der Waals surface area contributed by atoms with Crippen molar-refractivity contribution in [1.29, 1.82) is 0 Å². The minimum absolute atomic E-state index is 0.0400. The number of rotatable bonds is 4. The third kappa shape index (κ3) is 2.69. The van der Waals surface area contributed by atoms with Crippen molar-refractivity contribution in [3.63, 3.8) is 0 Å². The first-order chi connectivity index (χ1) is 7.60. The second kappa shape index (κ2) is 5.45. The zero-order chi connectivity index (χ0) is 12.1. The van der Waals surface area contributed by atoms with E-state index in [2.05, 4.69) is 4.98 Å². The zero-order valence-electron chi connectivity index (χ0n) is 10.1. The first-order valence-corrected chi connectivity index (χ1v) is 5.55. The molecule has 0 amide bonds. The van der Waals surface area contributed by atoms with Crippen LogP contribution in [0.2, 0.25) is 0 Å². The van der Waals surface area contributed by atoms with Gasteiger partial charge in [0, 0.05) is 6.20 Å². The lowest BCUT2D eigenvalue weighted by atomic mass is 10.0. The van der Waals surface area contributed by atoms with E-state index in [0.717, 1.165) is 24.0 Å². The maximum absolute atomic E-state index is 12.0. The van der Waals surface area contributed by atoms with Gasteiger partial charge >= 0.3 is 0 Å². The fourth-order valence-electron chi connectivity index (χ4n) is 1.61. The van der Waals surface area contributed by atoms with Crippen LogP contribution >= 0.6 is 0 Å². The predicted molar refractivity (Wildman–Crippen MR) is 66.4 cm³/mol. The summed E-state index contributed by atoms with van der Waals surface area (Å²) in [6, 6.07) is 1.80. The highest BCUT2D eigenvalue weighted by Crippen LogP contribution is 2.16. The number of carbonyl (C=O) groups is 1. The van der Waals surface area contributed by atoms with Crippen molar-refractivity contribution in [2.75, 3.05) is 5.73 Å². The lowest BCUT2D eigenvalue weighted by Gasteiger charge is -2.06. The van der Waals surface area contributed by atoms with Gasteiger partial charge in [-0.1, -0.05) is 19.4 Å². The monoisotopic (exact) mass is 218 g/mol. The Morgan fingerprint density at radius 3 is 2.56 bits per heavy atom. The molecule has 0 aliphatic rings. The number of ketones is 1. The Hall–Kier alpha value is -1.64. The first kappa shape index (κ1) is 12.4. The highest BCUT2D eigenvalue weighted by molar-refractivity contribution is 6.08. The summed E-state index contributed by atoms with van der Waals surface area (Å²) in [4.78, 5) is 16.0. The normalized spacial score (nSPS) is 9.94. The molecular formula is C13H18N2O. The lowest BCUT2D eigenvalue weighted by molar-refractivity contribution is 0.104. The Morgan fingerprint density at radius 2 is 2.06 bits per heavy atom. The van der Waals surface area contributed by atoms with Crippen LogP contribution in [-0.2, 0) is 0 Å². The topological polar surface area (TPSA) is 56.0 Å². The maximum Gasteiger partial charge on any atom is 0.189 e. The highest BCUT2D eigenvalue weighted by atomic mass is 16.1. The number of allylic oxidation sites excluding steroid dienone is 2. The maximum atomic E-state index is 12.0. The molecule has 0 bridgehead atoms. The summed E-state index contributed by atoms with van der Waals surface area (Å²) >= 11 is 0. The Balaban J connectivity index is 3.10. The number of pyridine rings is 1. The molecule has 86 valence electrons. The Morgan fingerprint density at radius 1 is 1.44 bits per heavy atom. The number of nitrogen functional groups attached to an aromatic ring is 1. The zero-order valence-corrected chi connectivity index (χ0v) is 10.1. The summed E-state index contributed by atoms with van der Waals surface area (Å²) in [5, 5.41) is 0. The lowest BCUT2D eigenvalue weighted by Crippen LogP contribution is -2.06. The smallest absolute Gasteiger partial charge is 0.189 e.